The minimum Gasteiger partial charge on any atom is -0.493 e. The minimum absolute atomic E-state index is 0.0754. The maximum atomic E-state index is 14.8. The molecule has 2 aromatic carbocycles. The van der Waals surface area contributed by atoms with Gasteiger partial charge in [-0.15, -0.1) is 11.3 Å². The number of rotatable bonds is 24. The molecule has 0 radical (unpaired) electrons. The van der Waals surface area contributed by atoms with Crippen LogP contribution in [0, 0.1) is 12.3 Å². The Bertz CT molecular complexity index is 2170. The smallest absolute Gasteiger partial charge is 0.407 e. The number of nitrogens with zero attached hydrogens (tertiary/aromatic N) is 2. The van der Waals surface area contributed by atoms with Gasteiger partial charge in [0, 0.05) is 31.6 Å². The molecule has 4 amide bonds. The summed E-state index contributed by atoms with van der Waals surface area (Å²) in [5.41, 5.74) is 6.97. The summed E-state index contributed by atoms with van der Waals surface area (Å²) in [5.74, 6) is -0.999. The summed E-state index contributed by atoms with van der Waals surface area (Å²) >= 11 is 1.54. The van der Waals surface area contributed by atoms with Gasteiger partial charge in [0.15, 0.2) is 5.67 Å². The lowest BCUT2D eigenvalue weighted by Gasteiger charge is -2.44. The molecule has 2 aliphatic rings. The van der Waals surface area contributed by atoms with Gasteiger partial charge < -0.3 is 45.8 Å². The van der Waals surface area contributed by atoms with Gasteiger partial charge in [0.05, 0.1) is 53.6 Å². The molecule has 368 valence electrons. The maximum absolute atomic E-state index is 14.8. The van der Waals surface area contributed by atoms with Crippen molar-refractivity contribution in [1.29, 1.82) is 0 Å². The molecule has 1 aromatic heterocycles. The van der Waals surface area contributed by atoms with Crippen molar-refractivity contribution < 1.29 is 47.7 Å². The van der Waals surface area contributed by atoms with Crippen molar-refractivity contribution in [2.45, 2.75) is 167 Å². The second kappa shape index (κ2) is 22.9. The molecule has 0 bridgehead atoms. The van der Waals surface area contributed by atoms with E-state index in [-0.39, 0.29) is 51.2 Å². The number of aliphatic hydroxyl groups excluding tert-OH is 1. The summed E-state index contributed by atoms with van der Waals surface area (Å²) in [6, 6.07) is 12.8. The number of carbonyl (C=O) groups is 5. The number of primary amides is 1. The Morgan fingerprint density at radius 3 is 2.36 bits per heavy atom. The topological polar surface area (TPSA) is 212 Å². The van der Waals surface area contributed by atoms with Gasteiger partial charge in [-0.3, -0.25) is 19.3 Å². The molecule has 0 spiro atoms. The molecule has 5 atom stereocenters. The number of likely N-dealkylation sites (tertiary alicyclic amines) is 1. The SMILES string of the molecule is Cc1ncsc1-c1ccc(CNC(=O)[C@@H]2C[C@@H](O)CN2C[C@@](C=O)(NC(=O)C2(F)CC2)C(C)(C)C)c(OCCCCCc2ccc(CO[C@H](C)[C@H](CCC(N)=O)NC(=O)OC(C)(C)C)cc2)c1. The van der Waals surface area contributed by atoms with Crippen LogP contribution in [0.1, 0.15) is 122 Å². The molecule has 1 saturated carbocycles. The summed E-state index contributed by atoms with van der Waals surface area (Å²) < 4.78 is 32.7. The van der Waals surface area contributed by atoms with Crippen molar-refractivity contribution in [3.63, 3.8) is 0 Å². The van der Waals surface area contributed by atoms with Gasteiger partial charge in [-0.2, -0.15) is 0 Å². The first-order valence-electron chi connectivity index (χ1n) is 23.3. The highest BCUT2D eigenvalue weighted by atomic mass is 32.1. The number of amides is 4. The Kier molecular flexibility index (Phi) is 18.1. The zero-order chi connectivity index (χ0) is 49.2. The average molecular weight is 951 g/mol. The number of carbonyl (C=O) groups excluding carboxylic acids is 5. The Labute approximate surface area is 398 Å². The van der Waals surface area contributed by atoms with E-state index in [1.807, 2.05) is 44.2 Å². The van der Waals surface area contributed by atoms with Crippen LogP contribution in [-0.4, -0.2) is 106 Å². The lowest BCUT2D eigenvalue weighted by molar-refractivity contribution is -0.136. The number of halogens is 1. The van der Waals surface area contributed by atoms with Gasteiger partial charge in [0.1, 0.15) is 23.2 Å². The van der Waals surface area contributed by atoms with E-state index in [4.69, 9.17) is 19.9 Å². The number of aromatic nitrogens is 1. The largest absolute Gasteiger partial charge is 0.493 e. The molecule has 6 N–H and O–H groups in total. The average Bonchev–Trinajstić information content (AvgIpc) is 3.69. The highest BCUT2D eigenvalue weighted by Gasteiger charge is 2.56. The third-order valence-corrected chi connectivity index (χ3v) is 13.5. The van der Waals surface area contributed by atoms with Crippen molar-refractivity contribution in [3.05, 3.63) is 70.4 Å². The number of aliphatic hydroxyl groups is 1. The lowest BCUT2D eigenvalue weighted by Crippen LogP contribution is -2.66. The van der Waals surface area contributed by atoms with E-state index >= 15 is 0 Å². The van der Waals surface area contributed by atoms with E-state index < -0.39 is 64.4 Å². The Morgan fingerprint density at radius 2 is 1.75 bits per heavy atom. The molecule has 5 rings (SSSR count). The van der Waals surface area contributed by atoms with Crippen LogP contribution in [0.25, 0.3) is 10.4 Å². The quantitative estimate of drug-likeness (QED) is 0.0475. The third-order valence-electron chi connectivity index (χ3n) is 12.5. The monoisotopic (exact) mass is 950 g/mol. The number of nitrogens with one attached hydrogen (secondary N) is 3. The summed E-state index contributed by atoms with van der Waals surface area (Å²) in [6.07, 6.45) is 3.11. The Hall–Kier alpha value is -4.97. The second-order valence-electron chi connectivity index (χ2n) is 20.2. The first-order valence-corrected chi connectivity index (χ1v) is 24.2. The highest BCUT2D eigenvalue weighted by molar-refractivity contribution is 7.13. The second-order valence-corrected chi connectivity index (χ2v) is 21.0. The number of thiazole rings is 1. The number of β-amino-alcohol motifs (C(OH)–C–C–N with tert-alkyl or cyclic N) is 1. The summed E-state index contributed by atoms with van der Waals surface area (Å²) in [4.78, 5) is 70.6. The fourth-order valence-corrected chi connectivity index (χ4v) is 8.78. The lowest BCUT2D eigenvalue weighted by atomic mass is 9.73. The van der Waals surface area contributed by atoms with Gasteiger partial charge in [-0.05, 0) is 114 Å². The number of hydrogen-bond donors (Lipinski definition) is 5. The Balaban J connectivity index is 1.14. The number of ether oxygens (including phenoxy) is 3. The molecular weight excluding hydrogens is 880 g/mol. The first kappa shape index (κ1) is 53.0. The van der Waals surface area contributed by atoms with Gasteiger partial charge >= 0.3 is 6.09 Å². The van der Waals surface area contributed by atoms with Crippen molar-refractivity contribution in [2.24, 2.45) is 11.1 Å². The number of unbranched alkanes of at least 4 members (excludes halogenated alkanes) is 2. The van der Waals surface area contributed by atoms with Crippen LogP contribution >= 0.6 is 11.3 Å². The number of hydrogen-bond acceptors (Lipinski definition) is 12. The molecule has 3 aromatic rings. The van der Waals surface area contributed by atoms with E-state index in [1.165, 1.54) is 16.9 Å². The predicted octanol–water partition coefficient (Wildman–Crippen LogP) is 6.63. The fraction of sp³-hybridized carbons (Fsp3) is 0.600. The van der Waals surface area contributed by atoms with Crippen LogP contribution in [0.5, 0.6) is 5.75 Å². The molecule has 1 aliphatic heterocycles. The van der Waals surface area contributed by atoms with E-state index in [0.717, 1.165) is 52.9 Å². The number of aldehydes is 1. The van der Waals surface area contributed by atoms with Gasteiger partial charge in [-0.1, -0.05) is 57.2 Å². The molecule has 1 saturated heterocycles. The van der Waals surface area contributed by atoms with Crippen LogP contribution in [0.4, 0.5) is 9.18 Å². The molecule has 2 heterocycles. The highest BCUT2D eigenvalue weighted by Crippen LogP contribution is 2.42. The summed E-state index contributed by atoms with van der Waals surface area (Å²) in [6.45, 7) is 15.4. The van der Waals surface area contributed by atoms with E-state index in [9.17, 15) is 33.5 Å². The number of benzene rings is 2. The standard InChI is InChI=1S/C50H71FN6O9S/c1-32-43(67-31-54-32)36-17-18-37(26-53-44(61)40-25-38(59)27-57(40)29-50(30-58,47(3,4)5)56-45(62)49(51)21-22-49)41(24-36)64-23-11-9-10-12-34-13-15-35(16-14-34)28-65-33(2)39(19-20-42(52)60)55-46(63)66-48(6,7)8/h13-18,24,30-31,33,38-40,59H,9-12,19-23,25-29H2,1-8H3,(H2,52,60)(H,53,61)(H,55,63)(H,56,62)/t33-,38-,39+,40+,50+/m1/s1. The van der Waals surface area contributed by atoms with Crippen LogP contribution in [0.15, 0.2) is 48.0 Å². The number of nitrogens with two attached hydrogens (primary N) is 1. The Morgan fingerprint density at radius 1 is 1.04 bits per heavy atom. The molecule has 67 heavy (non-hydrogen) atoms. The molecule has 1 aliphatic carbocycles. The molecule has 0 unspecified atom stereocenters. The van der Waals surface area contributed by atoms with Crippen molar-refractivity contribution in [1.82, 2.24) is 25.8 Å². The van der Waals surface area contributed by atoms with Crippen molar-refractivity contribution >= 4 is 41.4 Å². The molecule has 2 fully saturated rings. The fourth-order valence-electron chi connectivity index (χ4n) is 7.98. The predicted molar refractivity (Wildman–Crippen MR) is 255 cm³/mol. The molecule has 17 heteroatoms. The van der Waals surface area contributed by atoms with Crippen LogP contribution in [0.3, 0.4) is 0 Å². The van der Waals surface area contributed by atoms with Gasteiger partial charge in [-0.25, -0.2) is 14.2 Å². The molecular formula is C50H71FN6O9S. The first-order chi connectivity index (χ1) is 31.5. The zero-order valence-corrected chi connectivity index (χ0v) is 41.2. The minimum atomic E-state index is -1.99. The normalized spacial score (nSPS) is 18.8. The third kappa shape index (κ3) is 15.3. The van der Waals surface area contributed by atoms with Crippen LogP contribution in [0.2, 0.25) is 0 Å². The van der Waals surface area contributed by atoms with Crippen molar-refractivity contribution in [2.75, 3.05) is 19.7 Å². The van der Waals surface area contributed by atoms with Crippen molar-refractivity contribution in [3.8, 4) is 16.2 Å². The number of aryl methyl sites for hydroxylation is 2. The number of alkyl carbamates (subject to hydrolysis) is 1. The van der Waals surface area contributed by atoms with E-state index in [0.29, 0.717) is 31.7 Å². The van der Waals surface area contributed by atoms with Gasteiger partial charge in [0.2, 0.25) is 11.8 Å². The summed E-state index contributed by atoms with van der Waals surface area (Å²) in [5, 5.41) is 19.3. The maximum Gasteiger partial charge on any atom is 0.407 e. The van der Waals surface area contributed by atoms with Crippen LogP contribution < -0.4 is 26.4 Å². The number of alkyl halides is 1. The summed E-state index contributed by atoms with van der Waals surface area (Å²) in [7, 11) is 0. The van der Waals surface area contributed by atoms with E-state index in [1.54, 1.807) is 52.0 Å². The van der Waals surface area contributed by atoms with Crippen LogP contribution in [-0.2, 0) is 48.2 Å². The molecule has 15 nitrogen and oxygen atoms in total. The zero-order valence-electron chi connectivity index (χ0n) is 40.4. The van der Waals surface area contributed by atoms with Gasteiger partial charge in [0.25, 0.3) is 5.91 Å². The van der Waals surface area contributed by atoms with E-state index in [2.05, 4.69) is 33.1 Å².